The van der Waals surface area contributed by atoms with Crippen molar-refractivity contribution in [1.82, 2.24) is 10.0 Å². The highest BCUT2D eigenvalue weighted by Crippen LogP contribution is 2.30. The zero-order valence-electron chi connectivity index (χ0n) is 10.0. The lowest BCUT2D eigenvalue weighted by Crippen LogP contribution is -2.19. The first-order chi connectivity index (χ1) is 9.28. The number of hydrogen-bond acceptors (Lipinski definition) is 7. The molecule has 0 saturated heterocycles. The lowest BCUT2D eigenvalue weighted by molar-refractivity contribution is -0.0487. The van der Waals surface area contributed by atoms with Crippen molar-refractivity contribution in [2.75, 3.05) is 13.8 Å². The van der Waals surface area contributed by atoms with Crippen molar-refractivity contribution in [3.05, 3.63) is 35.7 Å². The zero-order chi connectivity index (χ0) is 13.2. The standard InChI is InChI=1S/C12H10N2O4S/c1-16-12(15)8-4-9(18-14-2-3-17-7-14)11-10(5-8)19-6-13-11/h2-6H,7H2,1H3. The van der Waals surface area contributed by atoms with Gasteiger partial charge in [-0.15, -0.1) is 11.3 Å². The minimum absolute atomic E-state index is 0.300. The Hall–Kier alpha value is -2.28. The molecule has 0 spiro atoms. The normalized spacial score (nSPS) is 13.6. The Kier molecular flexibility index (Phi) is 2.96. The molecule has 7 heteroatoms. The maximum absolute atomic E-state index is 11.6. The highest BCUT2D eigenvalue weighted by molar-refractivity contribution is 7.16. The van der Waals surface area contributed by atoms with E-state index in [9.17, 15) is 4.79 Å². The number of nitrogens with zero attached hydrogens (tertiary/aromatic N) is 2. The van der Waals surface area contributed by atoms with Crippen LogP contribution in [0.2, 0.25) is 0 Å². The van der Waals surface area contributed by atoms with Crippen LogP contribution in [0.25, 0.3) is 10.2 Å². The Balaban J connectivity index is 2.02. The van der Waals surface area contributed by atoms with Gasteiger partial charge in [-0.05, 0) is 6.07 Å². The van der Waals surface area contributed by atoms with Crippen LogP contribution in [0.15, 0.2) is 30.1 Å². The van der Waals surface area contributed by atoms with Crippen LogP contribution in [0, 0.1) is 0 Å². The lowest BCUT2D eigenvalue weighted by Gasteiger charge is -2.15. The van der Waals surface area contributed by atoms with E-state index in [0.717, 1.165) is 4.70 Å². The van der Waals surface area contributed by atoms with Crippen LogP contribution in [0.5, 0.6) is 5.75 Å². The molecule has 2 heterocycles. The van der Waals surface area contributed by atoms with Gasteiger partial charge in [0.05, 0.1) is 29.1 Å². The van der Waals surface area contributed by atoms with Gasteiger partial charge in [0.2, 0.25) is 0 Å². The Morgan fingerprint density at radius 1 is 1.53 bits per heavy atom. The molecule has 98 valence electrons. The first kappa shape index (κ1) is 11.8. The van der Waals surface area contributed by atoms with Crippen molar-refractivity contribution in [3.8, 4) is 5.75 Å². The van der Waals surface area contributed by atoms with E-state index in [1.54, 1.807) is 23.8 Å². The number of hydrogen-bond donors (Lipinski definition) is 0. The molecule has 1 aromatic heterocycles. The number of fused-ring (bicyclic) bond motifs is 1. The van der Waals surface area contributed by atoms with Gasteiger partial charge in [-0.25, -0.2) is 9.78 Å². The van der Waals surface area contributed by atoms with Crippen LogP contribution in [0.1, 0.15) is 10.4 Å². The minimum atomic E-state index is -0.409. The van der Waals surface area contributed by atoms with E-state index in [4.69, 9.17) is 14.3 Å². The molecule has 0 saturated carbocycles. The maximum atomic E-state index is 11.6. The molecular weight excluding hydrogens is 268 g/mol. The predicted molar refractivity (Wildman–Crippen MR) is 68.5 cm³/mol. The van der Waals surface area contributed by atoms with E-state index < -0.39 is 5.97 Å². The molecule has 1 aliphatic heterocycles. The molecule has 2 aromatic rings. The van der Waals surface area contributed by atoms with Crippen LogP contribution in [-0.2, 0) is 9.47 Å². The van der Waals surface area contributed by atoms with Gasteiger partial charge in [0.25, 0.3) is 0 Å². The molecule has 0 aliphatic carbocycles. The molecule has 1 aromatic carbocycles. The Labute approximate surface area is 112 Å². The van der Waals surface area contributed by atoms with E-state index in [2.05, 4.69) is 4.98 Å². The summed E-state index contributed by atoms with van der Waals surface area (Å²) >= 11 is 1.43. The van der Waals surface area contributed by atoms with E-state index >= 15 is 0 Å². The van der Waals surface area contributed by atoms with Crippen molar-refractivity contribution in [2.24, 2.45) is 0 Å². The van der Waals surface area contributed by atoms with Gasteiger partial charge in [0, 0.05) is 6.07 Å². The summed E-state index contributed by atoms with van der Waals surface area (Å²) in [7, 11) is 1.34. The Bertz CT molecular complexity index is 652. The summed E-state index contributed by atoms with van der Waals surface area (Å²) in [6.07, 6.45) is 3.19. The van der Waals surface area contributed by atoms with Crippen LogP contribution < -0.4 is 4.84 Å². The van der Waals surface area contributed by atoms with Crippen molar-refractivity contribution < 1.29 is 19.1 Å². The first-order valence-electron chi connectivity index (χ1n) is 5.46. The van der Waals surface area contributed by atoms with Gasteiger partial charge in [-0.1, -0.05) is 0 Å². The van der Waals surface area contributed by atoms with Crippen LogP contribution in [0.4, 0.5) is 0 Å². The molecule has 19 heavy (non-hydrogen) atoms. The fraction of sp³-hybridized carbons (Fsp3) is 0.167. The molecular formula is C12H10N2O4S. The van der Waals surface area contributed by atoms with Crippen molar-refractivity contribution in [1.29, 1.82) is 0 Å². The summed E-state index contributed by atoms with van der Waals surface area (Å²) < 4.78 is 10.6. The SMILES string of the molecule is COC(=O)c1cc(ON2C=COC2)c2ncsc2c1. The van der Waals surface area contributed by atoms with Crippen molar-refractivity contribution in [2.45, 2.75) is 0 Å². The van der Waals surface area contributed by atoms with E-state index in [1.165, 1.54) is 29.8 Å². The predicted octanol–water partition coefficient (Wildman–Crippen LogP) is 2.14. The van der Waals surface area contributed by atoms with Gasteiger partial charge in [-0.2, -0.15) is 5.06 Å². The summed E-state index contributed by atoms with van der Waals surface area (Å²) in [5, 5.41) is 1.51. The molecule has 0 radical (unpaired) electrons. The fourth-order valence-corrected chi connectivity index (χ4v) is 2.43. The highest BCUT2D eigenvalue weighted by atomic mass is 32.1. The van der Waals surface area contributed by atoms with E-state index in [1.807, 2.05) is 0 Å². The molecule has 3 rings (SSSR count). The smallest absolute Gasteiger partial charge is 0.338 e. The third-order valence-electron chi connectivity index (χ3n) is 2.56. The average molecular weight is 278 g/mol. The maximum Gasteiger partial charge on any atom is 0.338 e. The van der Waals surface area contributed by atoms with Crippen molar-refractivity contribution >= 4 is 27.5 Å². The number of carbonyl (C=O) groups excluding carboxylic acids is 1. The summed E-state index contributed by atoms with van der Waals surface area (Å²) in [6.45, 7) is 0.300. The zero-order valence-corrected chi connectivity index (χ0v) is 10.8. The number of methoxy groups -OCH3 is 1. The number of benzene rings is 1. The molecule has 0 N–H and O–H groups in total. The van der Waals surface area contributed by atoms with E-state index in [0.29, 0.717) is 23.6 Å². The number of thiazole rings is 1. The highest BCUT2D eigenvalue weighted by Gasteiger charge is 2.16. The van der Waals surface area contributed by atoms with Gasteiger partial charge < -0.3 is 14.3 Å². The molecule has 0 amide bonds. The van der Waals surface area contributed by atoms with Crippen LogP contribution in [0.3, 0.4) is 0 Å². The molecule has 0 fully saturated rings. The van der Waals surface area contributed by atoms with Crippen LogP contribution in [-0.4, -0.2) is 29.9 Å². The number of rotatable bonds is 3. The molecule has 6 nitrogen and oxygen atoms in total. The van der Waals surface area contributed by atoms with E-state index in [-0.39, 0.29) is 0 Å². The summed E-state index contributed by atoms with van der Waals surface area (Å²) in [5.41, 5.74) is 2.84. The third-order valence-corrected chi connectivity index (χ3v) is 3.34. The van der Waals surface area contributed by atoms with Crippen LogP contribution >= 0.6 is 11.3 Å². The summed E-state index contributed by atoms with van der Waals surface area (Å²) in [5.74, 6) is 0.0858. The molecule has 0 unspecified atom stereocenters. The molecule has 0 atom stereocenters. The summed E-state index contributed by atoms with van der Waals surface area (Å²) in [6, 6.07) is 3.35. The molecule has 0 bridgehead atoms. The van der Waals surface area contributed by atoms with Gasteiger partial charge in [0.15, 0.2) is 12.5 Å². The topological polar surface area (TPSA) is 60.9 Å². The quantitative estimate of drug-likeness (QED) is 0.802. The third kappa shape index (κ3) is 2.19. The first-order valence-corrected chi connectivity index (χ1v) is 6.34. The van der Waals surface area contributed by atoms with Gasteiger partial charge in [-0.3, -0.25) is 0 Å². The fourth-order valence-electron chi connectivity index (χ4n) is 1.69. The second-order valence-corrected chi connectivity index (χ2v) is 4.64. The lowest BCUT2D eigenvalue weighted by atomic mass is 10.2. The largest absolute Gasteiger partial charge is 0.476 e. The van der Waals surface area contributed by atoms with Gasteiger partial charge >= 0.3 is 5.97 Å². The second-order valence-electron chi connectivity index (χ2n) is 3.75. The number of carbonyl (C=O) groups is 1. The average Bonchev–Trinajstić information content (AvgIpc) is 3.08. The number of esters is 1. The second kappa shape index (κ2) is 4.77. The van der Waals surface area contributed by atoms with Crippen molar-refractivity contribution in [3.63, 3.8) is 0 Å². The summed E-state index contributed by atoms with van der Waals surface area (Å²) in [4.78, 5) is 21.5. The number of ether oxygens (including phenoxy) is 2. The number of hydroxylamine groups is 2. The van der Waals surface area contributed by atoms with Gasteiger partial charge in [0.1, 0.15) is 11.8 Å². The Morgan fingerprint density at radius 3 is 3.16 bits per heavy atom. The minimum Gasteiger partial charge on any atom is -0.476 e. The molecule has 1 aliphatic rings. The monoisotopic (exact) mass is 278 g/mol. The Morgan fingerprint density at radius 2 is 2.42 bits per heavy atom. The number of aromatic nitrogens is 1.